The Bertz CT molecular complexity index is 906. The molecule has 2 aliphatic heterocycles. The number of aliphatic hydroxyl groups is 1. The molecular weight excluding hydrogens is 314 g/mol. The van der Waals surface area contributed by atoms with Crippen LogP contribution >= 0.6 is 11.6 Å². The molecule has 0 unspecified atom stereocenters. The number of nitrogens with one attached hydrogen (secondary N) is 1. The van der Waals surface area contributed by atoms with Gasteiger partial charge in [-0.15, -0.1) is 0 Å². The molecule has 4 N–H and O–H groups in total. The van der Waals surface area contributed by atoms with Crippen LogP contribution in [0.25, 0.3) is 11.9 Å². The molecule has 5 nitrogen and oxygen atoms in total. The third-order valence-electron chi connectivity index (χ3n) is 3.88. The second kappa shape index (κ2) is 5.53. The molecule has 0 aliphatic carbocycles. The maximum atomic E-state index is 10.6. The third kappa shape index (κ3) is 2.30. The number of rotatable bonds is 1. The van der Waals surface area contributed by atoms with Gasteiger partial charge in [-0.25, -0.2) is 5.01 Å². The van der Waals surface area contributed by atoms with Crippen molar-refractivity contribution in [2.45, 2.75) is 0 Å². The monoisotopic (exact) mass is 329 g/mol. The number of fused-ring (bicyclic) bond motifs is 2. The lowest BCUT2D eigenvalue weighted by Gasteiger charge is -2.20. The summed E-state index contributed by atoms with van der Waals surface area (Å²) in [7, 11) is 1.93. The van der Waals surface area contributed by atoms with E-state index in [1.807, 2.05) is 48.5 Å². The van der Waals surface area contributed by atoms with Gasteiger partial charge in [-0.1, -0.05) is 35.9 Å². The molecule has 23 heavy (non-hydrogen) atoms. The van der Waals surface area contributed by atoms with E-state index in [2.05, 4.69) is 11.5 Å². The van der Waals surface area contributed by atoms with Crippen molar-refractivity contribution in [3.05, 3.63) is 75.6 Å². The quantitative estimate of drug-likeness (QED) is 0.821. The molecule has 2 aromatic carbocycles. The van der Waals surface area contributed by atoms with E-state index >= 15 is 0 Å². The van der Waals surface area contributed by atoms with Crippen LogP contribution in [0.5, 0.6) is 0 Å². The number of aliphatic hydroxyl groups excluding tert-OH is 1. The van der Waals surface area contributed by atoms with Crippen molar-refractivity contribution >= 4 is 29.2 Å². The zero-order valence-electron chi connectivity index (χ0n) is 12.4. The van der Waals surface area contributed by atoms with E-state index in [1.54, 1.807) is 17.1 Å². The summed E-state index contributed by atoms with van der Waals surface area (Å²) in [4.78, 5) is 1.93. The molecule has 6 heteroatoms. The first-order valence-corrected chi connectivity index (χ1v) is 7.33. The van der Waals surface area contributed by atoms with Crippen molar-refractivity contribution in [3.63, 3.8) is 0 Å². The van der Waals surface area contributed by atoms with Crippen molar-refractivity contribution in [1.29, 1.82) is 0 Å². The van der Waals surface area contributed by atoms with Crippen molar-refractivity contribution in [2.75, 3.05) is 12.1 Å². The lowest BCUT2D eigenvalue weighted by Crippen LogP contribution is -2.40. The van der Waals surface area contributed by atoms with E-state index in [4.69, 9.17) is 11.6 Å². The fourth-order valence-electron chi connectivity index (χ4n) is 2.84. The van der Waals surface area contributed by atoms with E-state index in [0.717, 1.165) is 27.5 Å². The normalized spacial score (nSPS) is 15.5. The minimum absolute atomic E-state index is 0. The number of benzene rings is 2. The Morgan fingerprint density at radius 3 is 2.48 bits per heavy atom. The van der Waals surface area contributed by atoms with Gasteiger partial charge in [0.1, 0.15) is 5.70 Å². The van der Waals surface area contributed by atoms with Crippen LogP contribution in [0, 0.1) is 0 Å². The number of hydrogen-bond donors (Lipinski definition) is 2. The van der Waals surface area contributed by atoms with Crippen molar-refractivity contribution in [3.8, 4) is 0 Å². The van der Waals surface area contributed by atoms with Gasteiger partial charge in [0, 0.05) is 28.7 Å². The Balaban J connectivity index is 0.00000156. The molecule has 0 bridgehead atoms. The third-order valence-corrected chi connectivity index (χ3v) is 4.14. The number of halogens is 1. The number of likely N-dealkylation sites (N-methyl/N-ethyl adjacent to an activating group) is 1. The van der Waals surface area contributed by atoms with E-state index in [1.165, 1.54) is 0 Å². The Hall–Kier alpha value is -2.63. The summed E-state index contributed by atoms with van der Waals surface area (Å²) in [5.41, 5.74) is 5.76. The predicted octanol–water partition coefficient (Wildman–Crippen LogP) is 1.06. The average molecular weight is 330 g/mol. The van der Waals surface area contributed by atoms with Gasteiger partial charge in [0.2, 0.25) is 5.88 Å². The smallest absolute Gasteiger partial charge is 0.237 e. The molecule has 2 aromatic rings. The molecule has 0 fully saturated rings. The maximum Gasteiger partial charge on any atom is 0.237 e. The van der Waals surface area contributed by atoms with Crippen LogP contribution in [0.3, 0.4) is 0 Å². The minimum atomic E-state index is 0. The molecule has 0 radical (unpaired) electrons. The van der Waals surface area contributed by atoms with Crippen LogP contribution in [0.2, 0.25) is 5.02 Å². The maximum absolute atomic E-state index is 10.6. The van der Waals surface area contributed by atoms with Crippen LogP contribution in [0.4, 0.5) is 5.69 Å². The van der Waals surface area contributed by atoms with Gasteiger partial charge in [-0.05, 0) is 24.3 Å². The molecule has 0 atom stereocenters. The molecule has 0 spiro atoms. The minimum Gasteiger partial charge on any atom is -0.492 e. The number of hydrogen-bond acceptors (Lipinski definition) is 4. The summed E-state index contributed by atoms with van der Waals surface area (Å²) in [6, 6.07) is 15.4. The van der Waals surface area contributed by atoms with Gasteiger partial charge >= 0.3 is 0 Å². The zero-order chi connectivity index (χ0) is 15.3. The molecule has 0 saturated heterocycles. The van der Waals surface area contributed by atoms with Crippen LogP contribution in [-0.2, 0) is 0 Å². The molecule has 0 amide bonds. The number of hydrazine groups is 1. The summed E-state index contributed by atoms with van der Waals surface area (Å²) in [6.07, 6.45) is 2.01. The van der Waals surface area contributed by atoms with Gasteiger partial charge in [0.15, 0.2) is 0 Å². The molecule has 0 aromatic heterocycles. The first kappa shape index (κ1) is 15.3. The zero-order valence-corrected chi connectivity index (χ0v) is 13.2. The molecule has 2 heterocycles. The predicted molar refractivity (Wildman–Crippen MR) is 91.7 cm³/mol. The van der Waals surface area contributed by atoms with Gasteiger partial charge in [-0.2, -0.15) is 0 Å². The molecule has 2 aliphatic rings. The number of nitrogens with zero attached hydrogens (tertiary/aromatic N) is 2. The first-order valence-electron chi connectivity index (χ1n) is 6.95. The van der Waals surface area contributed by atoms with E-state index < -0.39 is 0 Å². The fourth-order valence-corrected chi connectivity index (χ4v) is 2.97. The summed E-state index contributed by atoms with van der Waals surface area (Å²) < 4.78 is 0. The van der Waals surface area contributed by atoms with Gasteiger partial charge in [0.05, 0.1) is 11.4 Å². The Labute approximate surface area is 138 Å². The topological polar surface area (TPSA) is 70.2 Å². The fraction of sp³-hybridized carbons (Fsp3) is 0.0588. The molecule has 118 valence electrons. The van der Waals surface area contributed by atoms with Crippen LogP contribution in [0.15, 0.2) is 60.1 Å². The van der Waals surface area contributed by atoms with Crippen LogP contribution in [-0.4, -0.2) is 22.5 Å². The summed E-state index contributed by atoms with van der Waals surface area (Å²) in [5, 5.41) is 15.1. The summed E-state index contributed by atoms with van der Waals surface area (Å²) in [6.45, 7) is 0. The molecule has 0 saturated carbocycles. The van der Waals surface area contributed by atoms with Crippen molar-refractivity contribution in [1.82, 2.24) is 10.3 Å². The first-order chi connectivity index (χ1) is 10.6. The Kier molecular flexibility index (Phi) is 3.67. The Morgan fingerprint density at radius 1 is 1.04 bits per heavy atom. The van der Waals surface area contributed by atoms with E-state index in [0.29, 0.717) is 5.02 Å². The highest BCUT2D eigenvalue weighted by Crippen LogP contribution is 2.30. The van der Waals surface area contributed by atoms with Crippen molar-refractivity contribution < 1.29 is 10.6 Å². The van der Waals surface area contributed by atoms with Gasteiger partial charge < -0.3 is 15.5 Å². The van der Waals surface area contributed by atoms with E-state index in [-0.39, 0.29) is 11.4 Å². The Morgan fingerprint density at radius 2 is 1.74 bits per heavy atom. The van der Waals surface area contributed by atoms with Crippen LogP contribution < -0.4 is 20.9 Å². The SMILES string of the molecule is CN1C=c2ccccc2=C2NN(c3ccc(Cl)cc3)C(O)=C21.O. The average Bonchev–Trinajstić information content (AvgIpc) is 2.87. The highest BCUT2D eigenvalue weighted by atomic mass is 35.5. The van der Waals surface area contributed by atoms with Gasteiger partial charge in [0.25, 0.3) is 0 Å². The molecule has 4 rings (SSSR count). The highest BCUT2D eigenvalue weighted by Gasteiger charge is 2.31. The second-order valence-electron chi connectivity index (χ2n) is 5.30. The second-order valence-corrected chi connectivity index (χ2v) is 5.73. The van der Waals surface area contributed by atoms with E-state index in [9.17, 15) is 5.11 Å². The number of anilines is 1. The lowest BCUT2D eigenvalue weighted by atomic mass is 10.1. The summed E-state index contributed by atoms with van der Waals surface area (Å²) >= 11 is 5.93. The lowest BCUT2D eigenvalue weighted by molar-refractivity contribution is 0.376. The van der Waals surface area contributed by atoms with Crippen molar-refractivity contribution in [2.24, 2.45) is 0 Å². The van der Waals surface area contributed by atoms with Crippen LogP contribution in [0.1, 0.15) is 0 Å². The standard InChI is InChI=1S/C17H14ClN3O.H2O/c1-20-10-11-4-2-3-5-14(11)15-16(20)17(22)21(19-15)13-8-6-12(18)7-9-13;/h2-10,19,22H,1H3;1H2. The largest absolute Gasteiger partial charge is 0.492 e. The highest BCUT2D eigenvalue weighted by molar-refractivity contribution is 6.30. The summed E-state index contributed by atoms with van der Waals surface area (Å²) in [5.74, 6) is 0.172. The van der Waals surface area contributed by atoms with Gasteiger partial charge in [-0.3, -0.25) is 5.43 Å². The molecular formula is C17H16ClN3O2.